The molecule has 0 spiro atoms. The van der Waals surface area contributed by atoms with E-state index in [0.29, 0.717) is 12.8 Å². The molecule has 0 heterocycles. The number of carbonyl (C=O) groups excluding carboxylic acids is 2. The Balaban J connectivity index is 4.26. The largest absolute Gasteiger partial charge is 0.480 e. The molecule has 370 valence electrons. The van der Waals surface area contributed by atoms with Gasteiger partial charge in [0.15, 0.2) is 6.10 Å². The number of ether oxygens (including phenoxy) is 2. The maximum Gasteiger partial charge on any atom is 0.472 e. The number of unbranched alkanes of at least 4 members (excludes halogenated alkanes) is 23. The molecule has 0 aromatic carbocycles. The summed E-state index contributed by atoms with van der Waals surface area (Å²) in [5.74, 6) is -2.41. The van der Waals surface area contributed by atoms with Crippen molar-refractivity contribution in [3.05, 3.63) is 60.8 Å². The van der Waals surface area contributed by atoms with E-state index in [1.165, 1.54) is 109 Å². The van der Waals surface area contributed by atoms with Crippen LogP contribution >= 0.6 is 7.82 Å². The van der Waals surface area contributed by atoms with Crippen LogP contribution in [0.15, 0.2) is 60.8 Å². The normalized spacial score (nSPS) is 14.1. The van der Waals surface area contributed by atoms with Gasteiger partial charge in [-0.25, -0.2) is 4.57 Å². The molecule has 4 N–H and O–H groups in total. The van der Waals surface area contributed by atoms with Gasteiger partial charge in [0.2, 0.25) is 0 Å². The monoisotopic (exact) mass is 922 g/mol. The van der Waals surface area contributed by atoms with Crippen LogP contribution < -0.4 is 5.73 Å². The number of phosphoric acid groups is 1. The molecule has 64 heavy (non-hydrogen) atoms. The van der Waals surface area contributed by atoms with Crippen molar-refractivity contribution in [1.82, 2.24) is 0 Å². The van der Waals surface area contributed by atoms with Gasteiger partial charge in [0.1, 0.15) is 12.6 Å². The van der Waals surface area contributed by atoms with Gasteiger partial charge in [-0.1, -0.05) is 190 Å². The second-order valence-corrected chi connectivity index (χ2v) is 18.4. The number of hydrogen-bond acceptors (Lipinski definition) is 9. The van der Waals surface area contributed by atoms with Gasteiger partial charge in [-0.15, -0.1) is 0 Å². The molecule has 3 atom stereocenters. The van der Waals surface area contributed by atoms with E-state index in [1.807, 2.05) is 0 Å². The van der Waals surface area contributed by atoms with Gasteiger partial charge in [0.25, 0.3) is 0 Å². The van der Waals surface area contributed by atoms with Crippen LogP contribution in [0.5, 0.6) is 0 Å². The van der Waals surface area contributed by atoms with Gasteiger partial charge in [0, 0.05) is 12.8 Å². The number of carboxylic acids is 1. The first-order valence-electron chi connectivity index (χ1n) is 25.3. The quantitative estimate of drug-likeness (QED) is 0.0230. The van der Waals surface area contributed by atoms with Crippen molar-refractivity contribution in [1.29, 1.82) is 0 Å². The second-order valence-electron chi connectivity index (χ2n) is 16.9. The summed E-state index contributed by atoms with van der Waals surface area (Å²) in [6.07, 6.45) is 55.7. The van der Waals surface area contributed by atoms with Gasteiger partial charge in [-0.2, -0.15) is 0 Å². The van der Waals surface area contributed by atoms with Crippen molar-refractivity contribution in [3.8, 4) is 0 Å². The lowest BCUT2D eigenvalue weighted by atomic mass is 10.0. The molecule has 0 aliphatic carbocycles. The predicted octanol–water partition coefficient (Wildman–Crippen LogP) is 14.3. The van der Waals surface area contributed by atoms with E-state index < -0.39 is 51.1 Å². The molecular weight excluding hydrogens is 830 g/mol. The maximum atomic E-state index is 12.7. The number of esters is 2. The highest BCUT2D eigenvalue weighted by Crippen LogP contribution is 2.43. The van der Waals surface area contributed by atoms with E-state index in [9.17, 15) is 23.8 Å². The average Bonchev–Trinajstić information content (AvgIpc) is 3.27. The van der Waals surface area contributed by atoms with Gasteiger partial charge >= 0.3 is 25.7 Å². The molecule has 0 rings (SSSR count). The summed E-state index contributed by atoms with van der Waals surface area (Å²) in [6.45, 7) is 2.68. The van der Waals surface area contributed by atoms with E-state index in [-0.39, 0.29) is 19.4 Å². The van der Waals surface area contributed by atoms with E-state index >= 15 is 0 Å². The highest BCUT2D eigenvalue weighted by molar-refractivity contribution is 7.47. The zero-order valence-corrected chi connectivity index (χ0v) is 41.3. The van der Waals surface area contributed by atoms with E-state index in [4.69, 9.17) is 24.8 Å². The van der Waals surface area contributed by atoms with Crippen LogP contribution in [0, 0.1) is 0 Å². The number of carbonyl (C=O) groups is 3. The molecule has 0 fully saturated rings. The Bertz CT molecular complexity index is 1310. The van der Waals surface area contributed by atoms with E-state index in [0.717, 1.165) is 70.6 Å². The number of allylic oxidation sites excluding steroid dienone is 10. The Morgan fingerprint density at radius 2 is 0.875 bits per heavy atom. The fourth-order valence-corrected chi connectivity index (χ4v) is 7.59. The average molecular weight is 922 g/mol. The van der Waals surface area contributed by atoms with Crippen molar-refractivity contribution in [2.24, 2.45) is 5.73 Å². The molecule has 0 saturated carbocycles. The molecule has 0 aromatic rings. The first kappa shape index (κ1) is 61.2. The number of hydrogen-bond donors (Lipinski definition) is 3. The molecule has 0 radical (unpaired) electrons. The molecule has 0 saturated heterocycles. The van der Waals surface area contributed by atoms with Crippen LogP contribution in [0.3, 0.4) is 0 Å². The Morgan fingerprint density at radius 1 is 0.500 bits per heavy atom. The minimum atomic E-state index is -4.73. The van der Waals surface area contributed by atoms with Crippen molar-refractivity contribution < 1.29 is 47.5 Å². The van der Waals surface area contributed by atoms with Gasteiger partial charge in [-0.3, -0.25) is 23.4 Å². The smallest absolute Gasteiger partial charge is 0.472 e. The van der Waals surface area contributed by atoms with Gasteiger partial charge in [-0.05, 0) is 77.0 Å². The minimum Gasteiger partial charge on any atom is -0.480 e. The van der Waals surface area contributed by atoms with E-state index in [2.05, 4.69) is 79.1 Å². The minimum absolute atomic E-state index is 0.131. The Hall–Kier alpha value is -2.82. The molecule has 0 bridgehead atoms. The van der Waals surface area contributed by atoms with Crippen molar-refractivity contribution in [2.75, 3.05) is 19.8 Å². The fraction of sp³-hybridized carbons (Fsp3) is 0.750. The molecule has 0 aliphatic heterocycles. The van der Waals surface area contributed by atoms with Crippen LogP contribution in [0.25, 0.3) is 0 Å². The van der Waals surface area contributed by atoms with Crippen LogP contribution in [-0.4, -0.2) is 59.9 Å². The molecular formula is C52H92NO10P. The highest BCUT2D eigenvalue weighted by atomic mass is 31.2. The summed E-state index contributed by atoms with van der Waals surface area (Å²) >= 11 is 0. The number of rotatable bonds is 47. The number of nitrogens with two attached hydrogens (primary N) is 1. The Morgan fingerprint density at radius 3 is 1.33 bits per heavy atom. The summed E-state index contributed by atoms with van der Waals surface area (Å²) in [4.78, 5) is 46.2. The highest BCUT2D eigenvalue weighted by Gasteiger charge is 2.28. The van der Waals surface area contributed by atoms with Crippen molar-refractivity contribution >= 4 is 25.7 Å². The number of phosphoric ester groups is 1. The molecule has 11 nitrogen and oxygen atoms in total. The summed E-state index contributed by atoms with van der Waals surface area (Å²) in [7, 11) is -4.73. The third-order valence-electron chi connectivity index (χ3n) is 10.7. The Kier molecular flexibility index (Phi) is 44.6. The summed E-state index contributed by atoms with van der Waals surface area (Å²) < 4.78 is 32.8. The zero-order chi connectivity index (χ0) is 47.0. The number of aliphatic carboxylic acids is 1. The summed E-state index contributed by atoms with van der Waals surface area (Å²) in [6, 6.07) is -1.53. The van der Waals surface area contributed by atoms with Gasteiger partial charge in [0.05, 0.1) is 13.2 Å². The van der Waals surface area contributed by atoms with Crippen LogP contribution in [0.4, 0.5) is 0 Å². The molecule has 0 aliphatic rings. The van der Waals surface area contributed by atoms with Gasteiger partial charge < -0.3 is 25.2 Å². The third kappa shape index (κ3) is 45.7. The standard InChI is InChI=1S/C52H92NO10P/c1-3-5-7-9-11-13-15-17-19-21-22-23-24-25-26-28-29-31-33-35-37-39-41-43-50(54)60-45-48(46-61-64(58,59)62-47-49(53)52(56)57)63-51(55)44-42-40-38-36-34-32-30-27-20-18-16-14-12-10-8-6-4-2/h6,8,12,14,18,20-22,30,32,48-49H,3-5,7,9-11,13,15-17,19,23-29,31,33-47,53H2,1-2H3,(H,56,57)(H,58,59)/b8-6-,14-12-,20-18-,22-21-,32-30-. The second kappa shape index (κ2) is 46.7. The third-order valence-corrected chi connectivity index (χ3v) is 11.7. The predicted molar refractivity (Wildman–Crippen MR) is 263 cm³/mol. The first-order chi connectivity index (χ1) is 31.1. The lowest BCUT2D eigenvalue weighted by Gasteiger charge is -2.20. The molecule has 0 amide bonds. The topological polar surface area (TPSA) is 172 Å². The fourth-order valence-electron chi connectivity index (χ4n) is 6.82. The van der Waals surface area contributed by atoms with E-state index in [1.54, 1.807) is 0 Å². The lowest BCUT2D eigenvalue weighted by Crippen LogP contribution is -2.34. The maximum absolute atomic E-state index is 12.7. The van der Waals surface area contributed by atoms with Crippen LogP contribution in [0.1, 0.15) is 219 Å². The number of carboxylic acid groups (broad SMARTS) is 1. The Labute approximate surface area is 389 Å². The molecule has 12 heteroatoms. The molecule has 3 unspecified atom stereocenters. The summed E-state index contributed by atoms with van der Waals surface area (Å²) in [5, 5.41) is 8.92. The zero-order valence-electron chi connectivity index (χ0n) is 40.4. The lowest BCUT2D eigenvalue weighted by molar-refractivity contribution is -0.161. The first-order valence-corrected chi connectivity index (χ1v) is 26.8. The van der Waals surface area contributed by atoms with Crippen LogP contribution in [0.2, 0.25) is 0 Å². The van der Waals surface area contributed by atoms with Crippen molar-refractivity contribution in [3.63, 3.8) is 0 Å². The SMILES string of the molecule is CC/C=C\C/C=C\C/C=C\C/C=C\CCCCCCC(=O)OC(COC(=O)CCCCCCCCCCCCC/C=C\CCCCCCCCCC)COP(=O)(O)OCC(N)C(=O)O. The summed E-state index contributed by atoms with van der Waals surface area (Å²) in [5.41, 5.74) is 5.35. The molecule has 0 aromatic heterocycles. The van der Waals surface area contributed by atoms with Crippen LogP contribution in [-0.2, 0) is 37.5 Å². The van der Waals surface area contributed by atoms with Crippen molar-refractivity contribution in [2.45, 2.75) is 231 Å².